The Kier molecular flexibility index (Phi) is 1.14. The third kappa shape index (κ3) is 0.789. The Balaban J connectivity index is 2.12. The van der Waals surface area contributed by atoms with Crippen LogP contribution in [0.4, 0.5) is 0 Å². The fraction of sp³-hybridized carbons (Fsp3) is 0.400. The summed E-state index contributed by atoms with van der Waals surface area (Å²) in [6.07, 6.45) is 6.82. The maximum Gasteiger partial charge on any atom is 0.250 e. The summed E-state index contributed by atoms with van der Waals surface area (Å²) in [5.41, 5.74) is 1.03. The summed E-state index contributed by atoms with van der Waals surface area (Å²) in [5, 5.41) is 2.35. The van der Waals surface area contributed by atoms with Crippen molar-refractivity contribution in [1.29, 1.82) is 0 Å². The van der Waals surface area contributed by atoms with Crippen molar-refractivity contribution < 1.29 is 9.59 Å². The van der Waals surface area contributed by atoms with Crippen LogP contribution in [-0.2, 0) is 9.59 Å². The minimum atomic E-state index is -0.253. The van der Waals surface area contributed by atoms with E-state index in [4.69, 9.17) is 0 Å². The number of fused-ring (bicyclic) bond motifs is 5. The van der Waals surface area contributed by atoms with Crippen LogP contribution >= 0.6 is 0 Å². The molecule has 2 amide bonds. The second-order valence-corrected chi connectivity index (χ2v) is 3.87. The molecule has 3 aliphatic rings. The molecule has 1 heterocycles. The molecule has 1 saturated carbocycles. The van der Waals surface area contributed by atoms with E-state index in [0.29, 0.717) is 11.8 Å². The highest BCUT2D eigenvalue weighted by atomic mass is 16.2. The van der Waals surface area contributed by atoms with Gasteiger partial charge in [-0.05, 0) is 23.8 Å². The molecule has 0 aromatic rings. The highest BCUT2D eigenvalue weighted by Gasteiger charge is 2.46. The van der Waals surface area contributed by atoms with Crippen molar-refractivity contribution in [3.63, 3.8) is 0 Å². The molecule has 1 aliphatic heterocycles. The fourth-order valence-electron chi connectivity index (χ4n) is 2.63. The predicted octanol–water partition coefficient (Wildman–Crippen LogP) is 0.391. The van der Waals surface area contributed by atoms with E-state index in [2.05, 4.69) is 17.5 Å². The van der Waals surface area contributed by atoms with Gasteiger partial charge in [-0.1, -0.05) is 12.2 Å². The van der Waals surface area contributed by atoms with E-state index in [-0.39, 0.29) is 17.7 Å². The Morgan fingerprint density at radius 1 is 1.31 bits per heavy atom. The summed E-state index contributed by atoms with van der Waals surface area (Å²) in [5.74, 6) is 0.276. The molecule has 3 heteroatoms. The van der Waals surface area contributed by atoms with E-state index in [9.17, 15) is 9.59 Å². The van der Waals surface area contributed by atoms with Gasteiger partial charge in [0.1, 0.15) is 0 Å². The molecule has 66 valence electrons. The van der Waals surface area contributed by atoms with Crippen LogP contribution in [0.3, 0.4) is 0 Å². The summed E-state index contributed by atoms with van der Waals surface area (Å²) in [6, 6.07) is 0. The van der Waals surface area contributed by atoms with E-state index in [1.54, 1.807) is 6.08 Å². The first kappa shape index (κ1) is 7.06. The Hall–Kier alpha value is -1.38. The average molecular weight is 175 g/mol. The number of allylic oxidation sites excluding steroid dienone is 2. The summed E-state index contributed by atoms with van der Waals surface area (Å²) < 4.78 is 0. The lowest BCUT2D eigenvalue weighted by atomic mass is 9.85. The fourth-order valence-corrected chi connectivity index (χ4v) is 2.63. The zero-order chi connectivity index (χ0) is 9.00. The molecule has 0 aromatic heterocycles. The monoisotopic (exact) mass is 175 g/mol. The first-order chi connectivity index (χ1) is 6.25. The second kappa shape index (κ2) is 2.10. The molecule has 0 radical (unpaired) electrons. The zero-order valence-electron chi connectivity index (χ0n) is 6.99. The van der Waals surface area contributed by atoms with Gasteiger partial charge in [-0.15, -0.1) is 0 Å². The highest BCUT2D eigenvalue weighted by molar-refractivity contribution is 6.07. The normalized spacial score (nSPS) is 40.3. The van der Waals surface area contributed by atoms with E-state index in [1.165, 1.54) is 0 Å². The topological polar surface area (TPSA) is 46.2 Å². The van der Waals surface area contributed by atoms with Gasteiger partial charge in [-0.25, -0.2) is 0 Å². The van der Waals surface area contributed by atoms with Crippen LogP contribution in [0.1, 0.15) is 6.42 Å². The molecule has 1 N–H and O–H groups in total. The molecule has 13 heavy (non-hydrogen) atoms. The second-order valence-electron chi connectivity index (χ2n) is 3.87. The Bertz CT molecular complexity index is 367. The standard InChI is InChI=1S/C10H9NO2/c12-8-4-7-5-1-2-6(3-5)9(7)10(13)11-8/h1-2,4-6,9H,3H2,(H,11,12,13). The lowest BCUT2D eigenvalue weighted by Crippen LogP contribution is -2.41. The number of hydrogen-bond donors (Lipinski definition) is 1. The minimum absolute atomic E-state index is 0.0484. The minimum Gasteiger partial charge on any atom is -0.292 e. The van der Waals surface area contributed by atoms with Gasteiger partial charge in [0.15, 0.2) is 0 Å². The molecule has 2 bridgehead atoms. The van der Waals surface area contributed by atoms with Crippen molar-refractivity contribution in [3.8, 4) is 0 Å². The molecule has 0 aromatic carbocycles. The van der Waals surface area contributed by atoms with Gasteiger partial charge in [0.25, 0.3) is 5.91 Å². The smallest absolute Gasteiger partial charge is 0.250 e. The van der Waals surface area contributed by atoms with Crippen LogP contribution in [0.25, 0.3) is 0 Å². The van der Waals surface area contributed by atoms with Gasteiger partial charge in [0.05, 0.1) is 5.92 Å². The SMILES string of the molecule is O=C1C=C2C3C=CC(C3)C2C(=O)N1. The molecule has 3 rings (SSSR count). The summed E-state index contributed by atoms with van der Waals surface area (Å²) in [7, 11) is 0. The van der Waals surface area contributed by atoms with Crippen LogP contribution in [0.2, 0.25) is 0 Å². The number of rotatable bonds is 0. The first-order valence-corrected chi connectivity index (χ1v) is 4.50. The predicted molar refractivity (Wildman–Crippen MR) is 45.5 cm³/mol. The third-order valence-electron chi connectivity index (χ3n) is 3.16. The average Bonchev–Trinajstić information content (AvgIpc) is 2.62. The highest BCUT2D eigenvalue weighted by Crippen LogP contribution is 2.48. The van der Waals surface area contributed by atoms with Crippen LogP contribution in [0, 0.1) is 17.8 Å². The number of amides is 2. The maximum absolute atomic E-state index is 11.5. The van der Waals surface area contributed by atoms with Crippen LogP contribution < -0.4 is 5.32 Å². The van der Waals surface area contributed by atoms with E-state index in [0.717, 1.165) is 12.0 Å². The molecule has 0 saturated heterocycles. The zero-order valence-corrected chi connectivity index (χ0v) is 6.99. The molecular weight excluding hydrogens is 166 g/mol. The van der Waals surface area contributed by atoms with Gasteiger partial charge in [-0.3, -0.25) is 14.9 Å². The number of carbonyl (C=O) groups excluding carboxylic acids is 2. The molecule has 3 nitrogen and oxygen atoms in total. The van der Waals surface area contributed by atoms with Gasteiger partial charge in [-0.2, -0.15) is 0 Å². The van der Waals surface area contributed by atoms with Crippen molar-refractivity contribution in [2.45, 2.75) is 6.42 Å². The van der Waals surface area contributed by atoms with E-state index in [1.807, 2.05) is 0 Å². The molecule has 3 atom stereocenters. The number of nitrogens with one attached hydrogen (secondary N) is 1. The Labute approximate surface area is 75.5 Å². The van der Waals surface area contributed by atoms with Crippen molar-refractivity contribution in [2.24, 2.45) is 17.8 Å². The maximum atomic E-state index is 11.5. The molecule has 0 spiro atoms. The lowest BCUT2D eigenvalue weighted by Gasteiger charge is -2.23. The van der Waals surface area contributed by atoms with Crippen LogP contribution in [0.15, 0.2) is 23.8 Å². The Morgan fingerprint density at radius 3 is 3.00 bits per heavy atom. The van der Waals surface area contributed by atoms with Crippen molar-refractivity contribution in [2.75, 3.05) is 0 Å². The quantitative estimate of drug-likeness (QED) is 0.427. The third-order valence-corrected chi connectivity index (χ3v) is 3.16. The summed E-state index contributed by atoms with van der Waals surface area (Å²) >= 11 is 0. The lowest BCUT2D eigenvalue weighted by molar-refractivity contribution is -0.131. The van der Waals surface area contributed by atoms with Gasteiger partial charge in [0.2, 0.25) is 5.91 Å². The first-order valence-electron chi connectivity index (χ1n) is 4.50. The molecule has 3 unspecified atom stereocenters. The van der Waals surface area contributed by atoms with Crippen molar-refractivity contribution >= 4 is 11.8 Å². The Morgan fingerprint density at radius 2 is 2.15 bits per heavy atom. The van der Waals surface area contributed by atoms with Gasteiger partial charge in [0, 0.05) is 6.08 Å². The number of imide groups is 1. The molecule has 2 aliphatic carbocycles. The van der Waals surface area contributed by atoms with Gasteiger partial charge >= 0.3 is 0 Å². The largest absolute Gasteiger partial charge is 0.292 e. The van der Waals surface area contributed by atoms with E-state index >= 15 is 0 Å². The van der Waals surface area contributed by atoms with Crippen molar-refractivity contribution in [3.05, 3.63) is 23.8 Å². The number of hydrogen-bond acceptors (Lipinski definition) is 2. The van der Waals surface area contributed by atoms with Crippen LogP contribution in [0.5, 0.6) is 0 Å². The summed E-state index contributed by atoms with van der Waals surface area (Å²) in [4.78, 5) is 22.5. The van der Waals surface area contributed by atoms with E-state index < -0.39 is 0 Å². The number of carbonyl (C=O) groups is 2. The van der Waals surface area contributed by atoms with Crippen molar-refractivity contribution in [1.82, 2.24) is 5.32 Å². The molecule has 1 fully saturated rings. The summed E-state index contributed by atoms with van der Waals surface area (Å²) in [6.45, 7) is 0. The molecular formula is C10H9NO2. The van der Waals surface area contributed by atoms with Crippen LogP contribution in [-0.4, -0.2) is 11.8 Å². The van der Waals surface area contributed by atoms with Gasteiger partial charge < -0.3 is 0 Å².